The first-order valence-electron chi connectivity index (χ1n) is 12.4. The van der Waals surface area contributed by atoms with Crippen LogP contribution >= 0.6 is 0 Å². The molecule has 1 aromatic rings. The highest BCUT2D eigenvalue weighted by Crippen LogP contribution is 2.35. The highest BCUT2D eigenvalue weighted by atomic mass is 16.6. The second-order valence-electron chi connectivity index (χ2n) is 10.0. The lowest BCUT2D eigenvalue weighted by atomic mass is 10.0. The summed E-state index contributed by atoms with van der Waals surface area (Å²) in [4.78, 5) is 45.1. The number of pyridine rings is 1. The average molecular weight is 517 g/mol. The predicted octanol–water partition coefficient (Wildman–Crippen LogP) is 1.97. The average Bonchev–Trinajstić information content (AvgIpc) is 3.70. The van der Waals surface area contributed by atoms with Crippen LogP contribution in [0.15, 0.2) is 12.3 Å². The summed E-state index contributed by atoms with van der Waals surface area (Å²) in [6.45, 7) is 7.80. The number of alkyl carbamates (subject to hydrolysis) is 1. The Morgan fingerprint density at radius 1 is 1.35 bits per heavy atom. The number of aromatic nitrogens is 1. The second kappa shape index (κ2) is 12.3. The fourth-order valence-corrected chi connectivity index (χ4v) is 3.96. The number of ether oxygens (including phenoxy) is 3. The number of aliphatic hydroxyl groups excluding tert-OH is 1. The van der Waals surface area contributed by atoms with Gasteiger partial charge in [0, 0.05) is 24.3 Å². The largest absolute Gasteiger partial charge is 0.453 e. The lowest BCUT2D eigenvalue weighted by Gasteiger charge is -2.37. The highest BCUT2D eigenvalue weighted by molar-refractivity contribution is 5.83. The van der Waals surface area contributed by atoms with Crippen molar-refractivity contribution in [1.82, 2.24) is 20.1 Å². The van der Waals surface area contributed by atoms with Gasteiger partial charge in [0.15, 0.2) is 6.10 Å². The summed E-state index contributed by atoms with van der Waals surface area (Å²) in [7, 11) is 1.27. The van der Waals surface area contributed by atoms with Gasteiger partial charge in [0.25, 0.3) is 5.91 Å². The van der Waals surface area contributed by atoms with Crippen molar-refractivity contribution in [2.45, 2.75) is 70.9 Å². The van der Waals surface area contributed by atoms with Gasteiger partial charge in [0.1, 0.15) is 5.60 Å². The number of hydrogen-bond donors (Lipinski definition) is 2. The molecule has 2 atom stereocenters. The van der Waals surface area contributed by atoms with E-state index in [9.17, 15) is 19.5 Å². The number of aliphatic hydroxyl groups is 1. The van der Waals surface area contributed by atoms with Gasteiger partial charge in [-0.3, -0.25) is 9.78 Å². The molecule has 1 saturated heterocycles. The minimum atomic E-state index is -0.794. The molecule has 3 amide bonds. The van der Waals surface area contributed by atoms with Gasteiger partial charge in [-0.25, -0.2) is 9.59 Å². The summed E-state index contributed by atoms with van der Waals surface area (Å²) in [5.74, 6) is 5.55. The Kier molecular flexibility index (Phi) is 9.34. The molecule has 2 N–H and O–H groups in total. The Hall–Kier alpha value is -3.36. The molecule has 202 valence electrons. The molecule has 11 heteroatoms. The van der Waals surface area contributed by atoms with Crippen molar-refractivity contribution < 1.29 is 33.7 Å². The number of rotatable bonds is 6. The molecule has 1 saturated carbocycles. The number of nitrogens with zero attached hydrogens (tertiary/aromatic N) is 3. The Morgan fingerprint density at radius 3 is 2.70 bits per heavy atom. The van der Waals surface area contributed by atoms with Crippen LogP contribution in [0, 0.1) is 11.8 Å². The maximum atomic E-state index is 13.6. The summed E-state index contributed by atoms with van der Waals surface area (Å²) in [6, 6.07) is 1.53. The molecule has 1 aromatic heterocycles. The molecule has 1 aliphatic heterocycles. The van der Waals surface area contributed by atoms with Gasteiger partial charge in [-0.2, -0.15) is 0 Å². The molecular formula is C26H36N4O7. The van der Waals surface area contributed by atoms with Crippen LogP contribution in [0.2, 0.25) is 0 Å². The third-order valence-corrected chi connectivity index (χ3v) is 5.96. The molecule has 0 radical (unpaired) electrons. The minimum Gasteiger partial charge on any atom is -0.453 e. The van der Waals surface area contributed by atoms with Crippen LogP contribution in [0.3, 0.4) is 0 Å². The Labute approximate surface area is 217 Å². The standard InChI is InChI=1S/C26H36N4O7/c1-17(19-13-18(21(16-31)28-14-19)7-6-10-27-24(33)35-5)30(20-8-9-20)23(32)22-15-29(11-12-36-22)25(34)37-26(2,3)4/h13-14,17,20,22,31H,8-12,15-16H2,1-5H3,(H,27,33)/t17?,22-/m1/s1. The van der Waals surface area contributed by atoms with E-state index in [2.05, 4.69) is 26.9 Å². The van der Waals surface area contributed by atoms with E-state index in [0.717, 1.165) is 18.4 Å². The van der Waals surface area contributed by atoms with E-state index in [1.165, 1.54) is 12.0 Å². The predicted molar refractivity (Wildman–Crippen MR) is 133 cm³/mol. The van der Waals surface area contributed by atoms with Crippen molar-refractivity contribution in [1.29, 1.82) is 0 Å². The third kappa shape index (κ3) is 7.81. The molecule has 11 nitrogen and oxygen atoms in total. The fraction of sp³-hybridized carbons (Fsp3) is 0.615. The van der Waals surface area contributed by atoms with Crippen molar-refractivity contribution in [3.8, 4) is 11.8 Å². The van der Waals surface area contributed by atoms with Gasteiger partial charge < -0.3 is 34.4 Å². The summed E-state index contributed by atoms with van der Waals surface area (Å²) in [6.07, 6.45) is 1.54. The zero-order valence-corrected chi connectivity index (χ0v) is 22.1. The van der Waals surface area contributed by atoms with E-state index in [-0.39, 0.29) is 44.3 Å². The first-order chi connectivity index (χ1) is 17.5. The van der Waals surface area contributed by atoms with Gasteiger partial charge in [-0.1, -0.05) is 11.8 Å². The molecule has 2 aliphatic rings. The minimum absolute atomic E-state index is 0.0666. The molecule has 2 heterocycles. The van der Waals surface area contributed by atoms with Crippen LogP contribution in [0.5, 0.6) is 0 Å². The number of amides is 3. The zero-order valence-electron chi connectivity index (χ0n) is 22.1. The second-order valence-corrected chi connectivity index (χ2v) is 10.0. The van der Waals surface area contributed by atoms with Crippen LogP contribution in [0.1, 0.15) is 63.4 Å². The van der Waals surface area contributed by atoms with Crippen LogP contribution < -0.4 is 5.32 Å². The summed E-state index contributed by atoms with van der Waals surface area (Å²) in [5.41, 5.74) is 1.02. The topological polar surface area (TPSA) is 131 Å². The van der Waals surface area contributed by atoms with Crippen molar-refractivity contribution in [2.75, 3.05) is 33.4 Å². The van der Waals surface area contributed by atoms with Crippen LogP contribution in [0.25, 0.3) is 0 Å². The summed E-state index contributed by atoms with van der Waals surface area (Å²) in [5, 5.41) is 12.2. The zero-order chi connectivity index (χ0) is 27.2. The van der Waals surface area contributed by atoms with Crippen molar-refractivity contribution in [3.05, 3.63) is 29.1 Å². The van der Waals surface area contributed by atoms with E-state index < -0.39 is 23.9 Å². The quantitative estimate of drug-likeness (QED) is 0.549. The molecule has 0 bridgehead atoms. The van der Waals surface area contributed by atoms with E-state index in [1.807, 2.05) is 6.92 Å². The molecule has 3 rings (SSSR count). The molecular weight excluding hydrogens is 480 g/mol. The number of carbonyl (C=O) groups is 3. The van der Waals surface area contributed by atoms with Crippen LogP contribution in [-0.4, -0.2) is 89.1 Å². The molecule has 37 heavy (non-hydrogen) atoms. The van der Waals surface area contributed by atoms with Crippen LogP contribution in [-0.2, 0) is 25.6 Å². The summed E-state index contributed by atoms with van der Waals surface area (Å²) < 4.78 is 15.8. The van der Waals surface area contributed by atoms with E-state index in [0.29, 0.717) is 17.8 Å². The number of carbonyl (C=O) groups excluding carboxylic acids is 3. The van der Waals surface area contributed by atoms with E-state index in [4.69, 9.17) is 9.47 Å². The number of morpholine rings is 1. The van der Waals surface area contributed by atoms with Crippen molar-refractivity contribution in [2.24, 2.45) is 0 Å². The Bertz CT molecular complexity index is 1060. The molecule has 2 fully saturated rings. The van der Waals surface area contributed by atoms with Gasteiger partial charge in [0.2, 0.25) is 0 Å². The highest BCUT2D eigenvalue weighted by Gasteiger charge is 2.42. The molecule has 0 aromatic carbocycles. The molecule has 1 aliphatic carbocycles. The summed E-state index contributed by atoms with van der Waals surface area (Å²) >= 11 is 0. The maximum absolute atomic E-state index is 13.6. The van der Waals surface area contributed by atoms with Gasteiger partial charge in [-0.15, -0.1) is 0 Å². The lowest BCUT2D eigenvalue weighted by Crippen LogP contribution is -2.54. The SMILES string of the molecule is COC(=O)NCC#Cc1cc(C(C)N(C(=O)[C@H]2CN(C(=O)OC(C)(C)C)CCO2)C2CC2)cnc1CO. The number of nitrogens with one attached hydrogen (secondary N) is 1. The smallest absolute Gasteiger partial charge is 0.410 e. The third-order valence-electron chi connectivity index (χ3n) is 5.96. The first kappa shape index (κ1) is 28.2. The fourth-order valence-electron chi connectivity index (χ4n) is 3.96. The normalized spacial score (nSPS) is 18.2. The van der Waals surface area contributed by atoms with Crippen molar-refractivity contribution >= 4 is 18.1 Å². The van der Waals surface area contributed by atoms with E-state index >= 15 is 0 Å². The van der Waals surface area contributed by atoms with Gasteiger partial charge in [-0.05, 0) is 52.2 Å². The first-order valence-corrected chi connectivity index (χ1v) is 12.4. The lowest BCUT2D eigenvalue weighted by molar-refractivity contribution is -0.151. The van der Waals surface area contributed by atoms with E-state index in [1.54, 1.807) is 37.9 Å². The monoisotopic (exact) mass is 516 g/mol. The van der Waals surface area contributed by atoms with Gasteiger partial charge >= 0.3 is 12.2 Å². The molecule has 1 unspecified atom stereocenters. The Balaban J connectivity index is 1.76. The van der Waals surface area contributed by atoms with Crippen LogP contribution in [0.4, 0.5) is 9.59 Å². The number of hydrogen-bond acceptors (Lipinski definition) is 8. The molecule has 0 spiro atoms. The number of methoxy groups -OCH3 is 1. The maximum Gasteiger partial charge on any atom is 0.410 e. The Morgan fingerprint density at radius 2 is 2.08 bits per heavy atom. The van der Waals surface area contributed by atoms with Crippen molar-refractivity contribution in [3.63, 3.8) is 0 Å². The van der Waals surface area contributed by atoms with Gasteiger partial charge in [0.05, 0.1) is 45.1 Å².